The highest BCUT2D eigenvalue weighted by atomic mass is 79.9. The maximum atomic E-state index is 13.0. The first-order valence-electron chi connectivity index (χ1n) is 9.46. The lowest BCUT2D eigenvalue weighted by Gasteiger charge is -2.29. The summed E-state index contributed by atoms with van der Waals surface area (Å²) in [7, 11) is 0. The van der Waals surface area contributed by atoms with E-state index in [0.717, 1.165) is 14.9 Å². The Morgan fingerprint density at radius 2 is 1.83 bits per heavy atom. The summed E-state index contributed by atoms with van der Waals surface area (Å²) in [6.45, 7) is 6.81. The molecule has 2 amide bonds. The molecule has 1 atom stereocenters. The Morgan fingerprint density at radius 3 is 2.45 bits per heavy atom. The second-order valence-corrected chi connectivity index (χ2v) is 9.61. The van der Waals surface area contributed by atoms with Crippen molar-refractivity contribution in [3.05, 3.63) is 63.6 Å². The Labute approximate surface area is 190 Å². The summed E-state index contributed by atoms with van der Waals surface area (Å²) in [6, 6.07) is 14.6. The second-order valence-electron chi connectivity index (χ2n) is 7.21. The van der Waals surface area contributed by atoms with Crippen LogP contribution in [0.3, 0.4) is 0 Å². The average Bonchev–Trinajstić information content (AvgIpc) is 2.69. The maximum Gasteiger partial charge on any atom is 0.242 e. The van der Waals surface area contributed by atoms with Gasteiger partial charge in [-0.2, -0.15) is 0 Å². The van der Waals surface area contributed by atoms with Crippen LogP contribution in [0.2, 0.25) is 5.02 Å². The van der Waals surface area contributed by atoms with Gasteiger partial charge in [0.1, 0.15) is 6.04 Å². The topological polar surface area (TPSA) is 49.4 Å². The van der Waals surface area contributed by atoms with E-state index in [2.05, 4.69) is 21.2 Å². The van der Waals surface area contributed by atoms with Crippen LogP contribution in [0.4, 0.5) is 0 Å². The van der Waals surface area contributed by atoms with Gasteiger partial charge in [-0.3, -0.25) is 9.59 Å². The summed E-state index contributed by atoms with van der Waals surface area (Å²) < 4.78 is 0.940. The number of benzene rings is 2. The van der Waals surface area contributed by atoms with Crippen LogP contribution in [-0.2, 0) is 16.1 Å². The molecule has 4 nitrogen and oxygen atoms in total. The molecule has 1 N–H and O–H groups in total. The van der Waals surface area contributed by atoms with Crippen molar-refractivity contribution >= 4 is 51.1 Å². The summed E-state index contributed by atoms with van der Waals surface area (Å²) in [5.74, 6) is 0.369. The quantitative estimate of drug-likeness (QED) is 0.473. The average molecular weight is 498 g/mol. The Hall–Kier alpha value is -1.50. The lowest BCUT2D eigenvalue weighted by Crippen LogP contribution is -2.48. The standard InChI is InChI=1S/C22H26BrClN2O2S/c1-15(2)12-25-22(28)16(3)26(13-17-5-4-6-18(23)11-17)21(27)14-29-20-9-7-19(24)8-10-20/h4-11,15-16H,12-14H2,1-3H3,(H,25,28). The molecule has 0 aromatic heterocycles. The molecule has 0 radical (unpaired) electrons. The minimum absolute atomic E-state index is 0.0860. The molecule has 0 saturated carbocycles. The Balaban J connectivity index is 2.12. The van der Waals surface area contributed by atoms with E-state index in [1.807, 2.05) is 50.2 Å². The number of hydrogen-bond donors (Lipinski definition) is 1. The van der Waals surface area contributed by atoms with Gasteiger partial charge < -0.3 is 10.2 Å². The van der Waals surface area contributed by atoms with Crippen LogP contribution in [0.15, 0.2) is 57.9 Å². The third-order valence-electron chi connectivity index (χ3n) is 4.27. The van der Waals surface area contributed by atoms with Gasteiger partial charge in [-0.15, -0.1) is 11.8 Å². The maximum absolute atomic E-state index is 13.0. The number of carbonyl (C=O) groups is 2. The molecule has 29 heavy (non-hydrogen) atoms. The van der Waals surface area contributed by atoms with Crippen LogP contribution < -0.4 is 5.32 Å². The third-order valence-corrected chi connectivity index (χ3v) is 6.01. The zero-order valence-corrected chi connectivity index (χ0v) is 20.0. The number of thioether (sulfide) groups is 1. The van der Waals surface area contributed by atoms with Crippen molar-refractivity contribution in [2.45, 2.75) is 38.3 Å². The molecule has 7 heteroatoms. The number of hydrogen-bond acceptors (Lipinski definition) is 3. The zero-order valence-electron chi connectivity index (χ0n) is 16.8. The number of halogens is 2. The van der Waals surface area contributed by atoms with Gasteiger partial charge in [-0.05, 0) is 54.8 Å². The minimum Gasteiger partial charge on any atom is -0.354 e. The largest absolute Gasteiger partial charge is 0.354 e. The summed E-state index contributed by atoms with van der Waals surface area (Å²) in [5, 5.41) is 3.59. The van der Waals surface area contributed by atoms with Gasteiger partial charge in [0, 0.05) is 27.5 Å². The molecule has 0 aliphatic carbocycles. The highest BCUT2D eigenvalue weighted by Gasteiger charge is 2.26. The fraction of sp³-hybridized carbons (Fsp3) is 0.364. The van der Waals surface area contributed by atoms with Crippen LogP contribution in [0.1, 0.15) is 26.3 Å². The Kier molecular flexibility index (Phi) is 9.53. The van der Waals surface area contributed by atoms with E-state index in [4.69, 9.17) is 11.6 Å². The SMILES string of the molecule is CC(C)CNC(=O)C(C)N(Cc1cccc(Br)c1)C(=O)CSc1ccc(Cl)cc1. The van der Waals surface area contributed by atoms with E-state index in [1.54, 1.807) is 24.0 Å². The molecule has 2 rings (SSSR count). The monoisotopic (exact) mass is 496 g/mol. The number of nitrogens with one attached hydrogen (secondary N) is 1. The molecule has 0 aliphatic heterocycles. The van der Waals surface area contributed by atoms with Crippen molar-refractivity contribution in [3.63, 3.8) is 0 Å². The fourth-order valence-electron chi connectivity index (χ4n) is 2.63. The predicted molar refractivity (Wildman–Crippen MR) is 124 cm³/mol. The van der Waals surface area contributed by atoms with Crippen LogP contribution >= 0.6 is 39.3 Å². The third kappa shape index (κ3) is 8.03. The number of carbonyl (C=O) groups excluding carboxylic acids is 2. The summed E-state index contributed by atoms with van der Waals surface area (Å²) in [6.07, 6.45) is 0. The lowest BCUT2D eigenvalue weighted by molar-refractivity contribution is -0.138. The van der Waals surface area contributed by atoms with E-state index in [1.165, 1.54) is 11.8 Å². The molecule has 1 unspecified atom stereocenters. The molecule has 0 heterocycles. The molecule has 2 aromatic rings. The summed E-state index contributed by atoms with van der Waals surface area (Å²) in [4.78, 5) is 28.3. The molecular formula is C22H26BrClN2O2S. The minimum atomic E-state index is -0.564. The van der Waals surface area contributed by atoms with Crippen LogP contribution in [0.5, 0.6) is 0 Å². The fourth-order valence-corrected chi connectivity index (χ4v) is 3.98. The van der Waals surface area contributed by atoms with Crippen molar-refractivity contribution in [3.8, 4) is 0 Å². The van der Waals surface area contributed by atoms with Crippen molar-refractivity contribution < 1.29 is 9.59 Å². The molecule has 0 bridgehead atoms. The molecular weight excluding hydrogens is 472 g/mol. The van der Waals surface area contributed by atoms with E-state index in [-0.39, 0.29) is 17.6 Å². The van der Waals surface area contributed by atoms with E-state index < -0.39 is 6.04 Å². The highest BCUT2D eigenvalue weighted by Crippen LogP contribution is 2.22. The van der Waals surface area contributed by atoms with Gasteiger partial charge >= 0.3 is 0 Å². The predicted octanol–water partition coefficient (Wildman–Crippen LogP) is 5.38. The summed E-state index contributed by atoms with van der Waals surface area (Å²) >= 11 is 10.8. The van der Waals surface area contributed by atoms with Gasteiger partial charge in [0.25, 0.3) is 0 Å². The molecule has 0 saturated heterocycles. The normalized spacial score (nSPS) is 11.9. The molecule has 0 spiro atoms. The van der Waals surface area contributed by atoms with Crippen molar-refractivity contribution in [2.75, 3.05) is 12.3 Å². The van der Waals surface area contributed by atoms with Gasteiger partial charge in [-0.25, -0.2) is 0 Å². The first-order chi connectivity index (χ1) is 13.8. The second kappa shape index (κ2) is 11.6. The zero-order chi connectivity index (χ0) is 21.4. The first-order valence-corrected chi connectivity index (χ1v) is 11.6. The van der Waals surface area contributed by atoms with Crippen molar-refractivity contribution in [2.24, 2.45) is 5.92 Å². The van der Waals surface area contributed by atoms with Crippen molar-refractivity contribution in [1.82, 2.24) is 10.2 Å². The Bertz CT molecular complexity index is 830. The highest BCUT2D eigenvalue weighted by molar-refractivity contribution is 9.10. The smallest absolute Gasteiger partial charge is 0.242 e. The van der Waals surface area contributed by atoms with Gasteiger partial charge in [0.2, 0.25) is 11.8 Å². The van der Waals surface area contributed by atoms with E-state index in [9.17, 15) is 9.59 Å². The molecule has 0 fully saturated rings. The lowest BCUT2D eigenvalue weighted by atomic mass is 10.1. The van der Waals surface area contributed by atoms with Gasteiger partial charge in [0.05, 0.1) is 5.75 Å². The molecule has 0 aliphatic rings. The number of rotatable bonds is 9. The van der Waals surface area contributed by atoms with E-state index >= 15 is 0 Å². The van der Waals surface area contributed by atoms with Crippen LogP contribution in [0.25, 0.3) is 0 Å². The van der Waals surface area contributed by atoms with Crippen LogP contribution in [0, 0.1) is 5.92 Å². The van der Waals surface area contributed by atoms with Gasteiger partial charge in [0.15, 0.2) is 0 Å². The van der Waals surface area contributed by atoms with Crippen LogP contribution in [-0.4, -0.2) is 35.1 Å². The van der Waals surface area contributed by atoms with Gasteiger partial charge in [-0.1, -0.05) is 53.5 Å². The molecule has 2 aromatic carbocycles. The first kappa shape index (κ1) is 23.8. The Morgan fingerprint density at radius 1 is 1.14 bits per heavy atom. The molecule has 156 valence electrons. The van der Waals surface area contributed by atoms with Crippen molar-refractivity contribution in [1.29, 1.82) is 0 Å². The summed E-state index contributed by atoms with van der Waals surface area (Å²) in [5.41, 5.74) is 0.965. The number of amides is 2. The number of nitrogens with zero attached hydrogens (tertiary/aromatic N) is 1. The van der Waals surface area contributed by atoms with E-state index in [0.29, 0.717) is 24.0 Å².